The van der Waals surface area contributed by atoms with Gasteiger partial charge in [-0.25, -0.2) is 4.79 Å². The summed E-state index contributed by atoms with van der Waals surface area (Å²) in [6.07, 6.45) is 0.835. The summed E-state index contributed by atoms with van der Waals surface area (Å²) in [6, 6.07) is 12.4. The van der Waals surface area contributed by atoms with Gasteiger partial charge in [0.05, 0.1) is 23.7 Å². The molecule has 6 nitrogen and oxygen atoms in total. The fourth-order valence-electron chi connectivity index (χ4n) is 2.72. The van der Waals surface area contributed by atoms with Gasteiger partial charge in [0, 0.05) is 11.4 Å². The van der Waals surface area contributed by atoms with Gasteiger partial charge in [0.25, 0.3) is 0 Å². The Morgan fingerprint density at radius 1 is 0.931 bits per heavy atom. The topological polar surface area (TPSA) is 84.5 Å². The van der Waals surface area contributed by atoms with Gasteiger partial charge in [-0.3, -0.25) is 9.59 Å². The third-order valence-electron chi connectivity index (χ3n) is 4.15. The lowest BCUT2D eigenvalue weighted by atomic mass is 10.1. The first-order chi connectivity index (χ1) is 13.9. The SMILES string of the molecule is CCOC(=O)c1ccc(NC(=O)CSCC(=O)Nc2c(C)cccc2CC)cc1. The minimum absolute atomic E-state index is 0.134. The van der Waals surface area contributed by atoms with Crippen molar-refractivity contribution in [1.82, 2.24) is 0 Å². The van der Waals surface area contributed by atoms with E-state index in [1.54, 1.807) is 31.2 Å². The molecule has 0 aliphatic carbocycles. The van der Waals surface area contributed by atoms with Gasteiger partial charge in [-0.1, -0.05) is 25.1 Å². The van der Waals surface area contributed by atoms with E-state index < -0.39 is 5.97 Å². The number of nitrogens with one attached hydrogen (secondary N) is 2. The highest BCUT2D eigenvalue weighted by Gasteiger charge is 2.11. The number of carbonyl (C=O) groups is 3. The third-order valence-corrected chi connectivity index (χ3v) is 5.08. The van der Waals surface area contributed by atoms with E-state index in [0.29, 0.717) is 17.9 Å². The first kappa shape index (κ1) is 22.5. The quantitative estimate of drug-likeness (QED) is 0.605. The van der Waals surface area contributed by atoms with Crippen molar-refractivity contribution in [2.45, 2.75) is 27.2 Å². The molecule has 7 heteroatoms. The molecule has 0 unspecified atom stereocenters. The summed E-state index contributed by atoms with van der Waals surface area (Å²) < 4.78 is 4.92. The van der Waals surface area contributed by atoms with Gasteiger partial charge in [-0.15, -0.1) is 11.8 Å². The zero-order valence-corrected chi connectivity index (χ0v) is 17.7. The normalized spacial score (nSPS) is 10.3. The molecule has 2 amide bonds. The minimum atomic E-state index is -0.396. The Labute approximate surface area is 175 Å². The van der Waals surface area contributed by atoms with Gasteiger partial charge in [-0.05, 0) is 55.7 Å². The van der Waals surface area contributed by atoms with Gasteiger partial charge < -0.3 is 15.4 Å². The molecular formula is C22H26N2O4S. The Kier molecular flexibility index (Phi) is 8.73. The van der Waals surface area contributed by atoms with Crippen LogP contribution in [0.4, 0.5) is 11.4 Å². The number of ether oxygens (including phenoxy) is 1. The molecule has 2 aromatic carbocycles. The Morgan fingerprint density at radius 3 is 2.21 bits per heavy atom. The fourth-order valence-corrected chi connectivity index (χ4v) is 3.33. The van der Waals surface area contributed by atoms with Crippen LogP contribution in [0.25, 0.3) is 0 Å². The summed E-state index contributed by atoms with van der Waals surface area (Å²) in [6.45, 7) is 6.06. The third kappa shape index (κ3) is 6.94. The smallest absolute Gasteiger partial charge is 0.338 e. The summed E-state index contributed by atoms with van der Waals surface area (Å²) in [5.74, 6) is -0.400. The summed E-state index contributed by atoms with van der Waals surface area (Å²) in [5, 5.41) is 5.69. The van der Waals surface area contributed by atoms with Crippen LogP contribution in [0.5, 0.6) is 0 Å². The maximum atomic E-state index is 12.2. The standard InChI is InChI=1S/C22H26N2O4S/c1-4-16-8-6-7-15(3)21(16)24-20(26)14-29-13-19(25)23-18-11-9-17(10-12-18)22(27)28-5-2/h6-12H,4-5,13-14H2,1-3H3,(H,23,25)(H,24,26). The molecule has 2 rings (SSSR count). The molecule has 154 valence electrons. The molecule has 29 heavy (non-hydrogen) atoms. The Balaban J connectivity index is 1.78. The average Bonchev–Trinajstić information content (AvgIpc) is 2.70. The van der Waals surface area contributed by atoms with Gasteiger partial charge in [-0.2, -0.15) is 0 Å². The number of para-hydroxylation sites is 1. The van der Waals surface area contributed by atoms with Gasteiger partial charge >= 0.3 is 5.97 Å². The molecule has 0 radical (unpaired) electrons. The lowest BCUT2D eigenvalue weighted by molar-refractivity contribution is -0.114. The monoisotopic (exact) mass is 414 g/mol. The van der Waals surface area contributed by atoms with Crippen molar-refractivity contribution in [1.29, 1.82) is 0 Å². The molecule has 2 N–H and O–H groups in total. The number of carbonyl (C=O) groups excluding carboxylic acids is 3. The first-order valence-electron chi connectivity index (χ1n) is 9.47. The van der Waals surface area contributed by atoms with Crippen LogP contribution in [0.3, 0.4) is 0 Å². The van der Waals surface area contributed by atoms with Crippen LogP contribution < -0.4 is 10.6 Å². The van der Waals surface area contributed by atoms with E-state index in [-0.39, 0.29) is 23.3 Å². The second-order valence-electron chi connectivity index (χ2n) is 6.35. The molecular weight excluding hydrogens is 388 g/mol. The van der Waals surface area contributed by atoms with E-state index >= 15 is 0 Å². The molecule has 0 saturated heterocycles. The van der Waals surface area contributed by atoms with E-state index in [9.17, 15) is 14.4 Å². The molecule has 0 aliphatic rings. The van der Waals surface area contributed by atoms with Crippen LogP contribution >= 0.6 is 11.8 Å². The van der Waals surface area contributed by atoms with Crippen LogP contribution in [-0.4, -0.2) is 35.9 Å². The highest BCUT2D eigenvalue weighted by Crippen LogP contribution is 2.21. The summed E-state index contributed by atoms with van der Waals surface area (Å²) >= 11 is 1.24. The number of hydrogen-bond donors (Lipinski definition) is 2. The van der Waals surface area contributed by atoms with Crippen molar-refractivity contribution in [2.75, 3.05) is 28.7 Å². The van der Waals surface area contributed by atoms with E-state index in [2.05, 4.69) is 10.6 Å². The van der Waals surface area contributed by atoms with Crippen molar-refractivity contribution in [3.8, 4) is 0 Å². The number of anilines is 2. The van der Waals surface area contributed by atoms with Gasteiger partial charge in [0.15, 0.2) is 0 Å². The maximum absolute atomic E-state index is 12.2. The van der Waals surface area contributed by atoms with Crippen molar-refractivity contribution in [3.63, 3.8) is 0 Å². The van der Waals surface area contributed by atoms with Crippen LogP contribution in [0.15, 0.2) is 42.5 Å². The Bertz CT molecular complexity index is 866. The molecule has 0 spiro atoms. The zero-order chi connectivity index (χ0) is 21.2. The predicted octanol–water partition coefficient (Wildman–Crippen LogP) is 4.04. The van der Waals surface area contributed by atoms with Gasteiger partial charge in [0.1, 0.15) is 0 Å². The molecule has 2 aromatic rings. The fraction of sp³-hybridized carbons (Fsp3) is 0.318. The van der Waals surface area contributed by atoms with E-state index in [1.165, 1.54) is 11.8 Å². The molecule has 0 bridgehead atoms. The first-order valence-corrected chi connectivity index (χ1v) is 10.6. The molecule has 0 aliphatic heterocycles. The Hall–Kier alpha value is -2.80. The second kappa shape index (κ2) is 11.3. The van der Waals surface area contributed by atoms with Crippen molar-refractivity contribution >= 4 is 40.9 Å². The van der Waals surface area contributed by atoms with Crippen molar-refractivity contribution < 1.29 is 19.1 Å². The summed E-state index contributed by atoms with van der Waals surface area (Å²) in [4.78, 5) is 35.9. The highest BCUT2D eigenvalue weighted by molar-refractivity contribution is 8.00. The number of hydrogen-bond acceptors (Lipinski definition) is 5. The van der Waals surface area contributed by atoms with Crippen LogP contribution in [0.1, 0.15) is 35.3 Å². The Morgan fingerprint density at radius 2 is 1.59 bits per heavy atom. The molecule has 0 heterocycles. The van der Waals surface area contributed by atoms with Crippen molar-refractivity contribution in [2.24, 2.45) is 0 Å². The number of benzene rings is 2. The van der Waals surface area contributed by atoms with E-state index in [0.717, 1.165) is 23.2 Å². The summed E-state index contributed by atoms with van der Waals surface area (Å²) in [7, 11) is 0. The molecule has 0 atom stereocenters. The zero-order valence-electron chi connectivity index (χ0n) is 16.9. The lowest BCUT2D eigenvalue weighted by Gasteiger charge is -2.12. The molecule has 0 saturated carbocycles. The van der Waals surface area contributed by atoms with E-state index in [4.69, 9.17) is 4.74 Å². The lowest BCUT2D eigenvalue weighted by Crippen LogP contribution is -2.19. The average molecular weight is 415 g/mol. The molecule has 0 fully saturated rings. The van der Waals surface area contributed by atoms with Crippen LogP contribution in [0.2, 0.25) is 0 Å². The number of amides is 2. The van der Waals surface area contributed by atoms with Crippen LogP contribution in [0, 0.1) is 6.92 Å². The predicted molar refractivity (Wildman–Crippen MR) is 118 cm³/mol. The van der Waals surface area contributed by atoms with Crippen LogP contribution in [-0.2, 0) is 20.7 Å². The summed E-state index contributed by atoms with van der Waals surface area (Å²) in [5.41, 5.74) is 3.98. The highest BCUT2D eigenvalue weighted by atomic mass is 32.2. The number of thioether (sulfide) groups is 1. The largest absolute Gasteiger partial charge is 0.462 e. The number of esters is 1. The molecule has 0 aromatic heterocycles. The maximum Gasteiger partial charge on any atom is 0.338 e. The van der Waals surface area contributed by atoms with Crippen molar-refractivity contribution in [3.05, 3.63) is 59.2 Å². The van der Waals surface area contributed by atoms with Gasteiger partial charge in [0.2, 0.25) is 11.8 Å². The second-order valence-corrected chi connectivity index (χ2v) is 7.34. The number of aryl methyl sites for hydroxylation is 2. The minimum Gasteiger partial charge on any atom is -0.462 e. The van der Waals surface area contributed by atoms with E-state index in [1.807, 2.05) is 32.0 Å². The number of rotatable bonds is 9.